The summed E-state index contributed by atoms with van der Waals surface area (Å²) in [7, 11) is -1.85. The average molecular weight is 281 g/mol. The SMILES string of the molecule is C#CC(C)[C@H]1NC(=O)[C@@H]1[C@@H](C)O[Si](C)(C)C(C)(C)C. The molecule has 19 heavy (non-hydrogen) atoms. The highest BCUT2D eigenvalue weighted by atomic mass is 28.4. The van der Waals surface area contributed by atoms with Crippen molar-refractivity contribution in [2.24, 2.45) is 11.8 Å². The molecule has 1 N–H and O–H groups in total. The smallest absolute Gasteiger partial charge is 0.228 e. The van der Waals surface area contributed by atoms with E-state index >= 15 is 0 Å². The van der Waals surface area contributed by atoms with Gasteiger partial charge in [0.05, 0.1) is 18.1 Å². The van der Waals surface area contributed by atoms with Gasteiger partial charge in [0.1, 0.15) is 0 Å². The van der Waals surface area contributed by atoms with Gasteiger partial charge in [-0.1, -0.05) is 20.8 Å². The minimum Gasteiger partial charge on any atom is -0.413 e. The summed E-state index contributed by atoms with van der Waals surface area (Å²) in [5.74, 6) is 2.71. The van der Waals surface area contributed by atoms with E-state index in [2.05, 4.69) is 45.1 Å². The van der Waals surface area contributed by atoms with E-state index in [9.17, 15) is 4.79 Å². The molecule has 1 fully saturated rings. The van der Waals surface area contributed by atoms with Gasteiger partial charge in [-0.3, -0.25) is 4.79 Å². The Kier molecular flexibility index (Phi) is 4.53. The van der Waals surface area contributed by atoms with E-state index in [1.54, 1.807) is 0 Å². The molecule has 1 rings (SSSR count). The fourth-order valence-electron chi connectivity index (χ4n) is 2.18. The lowest BCUT2D eigenvalue weighted by Gasteiger charge is -2.46. The molecule has 1 aliphatic heterocycles. The Balaban J connectivity index is 2.76. The molecule has 1 amide bonds. The molecule has 0 aromatic rings. The molecule has 0 saturated carbocycles. The molecule has 1 heterocycles. The molecular formula is C15H27NO2Si. The van der Waals surface area contributed by atoms with Crippen LogP contribution in [-0.4, -0.2) is 26.4 Å². The number of carbonyl (C=O) groups is 1. The topological polar surface area (TPSA) is 38.3 Å². The normalized spacial score (nSPS) is 26.9. The first-order valence-corrected chi connectivity index (χ1v) is 9.86. The summed E-state index contributed by atoms with van der Waals surface area (Å²) in [4.78, 5) is 11.8. The largest absolute Gasteiger partial charge is 0.413 e. The Labute approximate surface area is 118 Å². The van der Waals surface area contributed by atoms with Gasteiger partial charge in [-0.2, -0.15) is 0 Å². The summed E-state index contributed by atoms with van der Waals surface area (Å²) in [5.41, 5.74) is 0. The first-order chi connectivity index (χ1) is 8.51. The number of rotatable bonds is 4. The van der Waals surface area contributed by atoms with E-state index in [0.717, 1.165) is 0 Å². The molecule has 3 nitrogen and oxygen atoms in total. The minimum absolute atomic E-state index is 0.0492. The molecule has 0 bridgehead atoms. The van der Waals surface area contributed by atoms with E-state index in [1.807, 2.05) is 13.8 Å². The highest BCUT2D eigenvalue weighted by Crippen LogP contribution is 2.39. The summed E-state index contributed by atoms with van der Waals surface area (Å²) < 4.78 is 6.31. The minimum atomic E-state index is -1.85. The summed E-state index contributed by atoms with van der Waals surface area (Å²) in [6, 6.07) is 0.0530. The standard InChI is InChI=1S/C15H27NO2Si/c1-9-10(2)13-12(14(17)16-13)11(3)18-19(7,8)15(4,5)6/h1,10-13H,2-8H3,(H,16,17)/t10?,11-,12-,13-/m1/s1. The molecule has 1 saturated heterocycles. The summed E-state index contributed by atoms with van der Waals surface area (Å²) in [6.07, 6.45) is 5.38. The summed E-state index contributed by atoms with van der Waals surface area (Å²) in [5, 5.41) is 3.05. The van der Waals surface area contributed by atoms with Crippen LogP contribution in [0.5, 0.6) is 0 Å². The Morgan fingerprint density at radius 1 is 1.37 bits per heavy atom. The maximum Gasteiger partial charge on any atom is 0.228 e. The number of amides is 1. The van der Waals surface area contributed by atoms with E-state index in [-0.39, 0.29) is 34.9 Å². The maximum atomic E-state index is 11.8. The lowest BCUT2D eigenvalue weighted by molar-refractivity contribution is -0.141. The van der Waals surface area contributed by atoms with Crippen LogP contribution in [0.25, 0.3) is 0 Å². The van der Waals surface area contributed by atoms with Crippen molar-refractivity contribution >= 4 is 14.2 Å². The van der Waals surface area contributed by atoms with Gasteiger partial charge in [0.2, 0.25) is 5.91 Å². The third-order valence-electron chi connectivity index (χ3n) is 4.59. The quantitative estimate of drug-likeness (QED) is 0.489. The van der Waals surface area contributed by atoms with Gasteiger partial charge in [0.25, 0.3) is 0 Å². The van der Waals surface area contributed by atoms with E-state index in [4.69, 9.17) is 10.8 Å². The van der Waals surface area contributed by atoms with E-state index in [1.165, 1.54) is 0 Å². The van der Waals surface area contributed by atoms with Gasteiger partial charge in [-0.25, -0.2) is 0 Å². The molecule has 0 radical (unpaired) electrons. The number of β-lactam (4-membered cyclic amide) rings is 1. The fraction of sp³-hybridized carbons (Fsp3) is 0.800. The van der Waals surface area contributed by atoms with Crippen LogP contribution in [0, 0.1) is 24.2 Å². The van der Waals surface area contributed by atoms with Gasteiger partial charge in [-0.15, -0.1) is 12.3 Å². The Morgan fingerprint density at radius 2 is 1.89 bits per heavy atom. The number of carbonyl (C=O) groups excluding carboxylic acids is 1. The average Bonchev–Trinajstić information content (AvgIpc) is 2.22. The van der Waals surface area contributed by atoms with Crippen molar-refractivity contribution in [2.45, 2.75) is 64.9 Å². The van der Waals surface area contributed by atoms with Crippen LogP contribution in [0.2, 0.25) is 18.1 Å². The number of nitrogens with one attached hydrogen (secondary N) is 1. The van der Waals surface area contributed by atoms with Crippen LogP contribution in [-0.2, 0) is 9.22 Å². The van der Waals surface area contributed by atoms with Crippen molar-refractivity contribution in [3.8, 4) is 12.3 Å². The Bertz CT molecular complexity index is 392. The molecule has 1 unspecified atom stereocenters. The van der Waals surface area contributed by atoms with Gasteiger partial charge < -0.3 is 9.74 Å². The first-order valence-electron chi connectivity index (χ1n) is 6.95. The van der Waals surface area contributed by atoms with Crippen molar-refractivity contribution in [3.63, 3.8) is 0 Å². The van der Waals surface area contributed by atoms with Gasteiger partial charge in [-0.05, 0) is 32.0 Å². The second kappa shape index (κ2) is 5.30. The molecule has 108 valence electrons. The predicted molar refractivity (Wildman–Crippen MR) is 81.2 cm³/mol. The molecular weight excluding hydrogens is 254 g/mol. The second-order valence-electron chi connectivity index (χ2n) is 7.10. The van der Waals surface area contributed by atoms with Crippen LogP contribution < -0.4 is 5.32 Å². The van der Waals surface area contributed by atoms with E-state index in [0.29, 0.717) is 0 Å². The zero-order valence-electron chi connectivity index (χ0n) is 13.2. The monoisotopic (exact) mass is 281 g/mol. The third-order valence-corrected chi connectivity index (χ3v) is 9.17. The molecule has 0 spiro atoms. The van der Waals surface area contributed by atoms with Crippen LogP contribution in [0.15, 0.2) is 0 Å². The molecule has 0 aromatic heterocycles. The van der Waals surface area contributed by atoms with Crippen molar-refractivity contribution in [3.05, 3.63) is 0 Å². The number of terminal acetylenes is 1. The molecule has 4 atom stereocenters. The van der Waals surface area contributed by atoms with Crippen LogP contribution in [0.3, 0.4) is 0 Å². The van der Waals surface area contributed by atoms with Crippen molar-refractivity contribution in [1.82, 2.24) is 5.32 Å². The van der Waals surface area contributed by atoms with Crippen molar-refractivity contribution < 1.29 is 9.22 Å². The van der Waals surface area contributed by atoms with Crippen LogP contribution in [0.1, 0.15) is 34.6 Å². The third kappa shape index (κ3) is 3.21. The Hall–Kier alpha value is -0.793. The van der Waals surface area contributed by atoms with Gasteiger partial charge in [0.15, 0.2) is 8.32 Å². The second-order valence-corrected chi connectivity index (χ2v) is 11.9. The summed E-state index contributed by atoms with van der Waals surface area (Å²) >= 11 is 0. The zero-order valence-corrected chi connectivity index (χ0v) is 14.2. The number of hydrogen-bond donors (Lipinski definition) is 1. The molecule has 1 aliphatic rings. The Morgan fingerprint density at radius 3 is 2.26 bits per heavy atom. The highest BCUT2D eigenvalue weighted by molar-refractivity contribution is 6.74. The predicted octanol–water partition coefficient (Wildman–Crippen LogP) is 2.78. The van der Waals surface area contributed by atoms with Crippen LogP contribution >= 0.6 is 0 Å². The van der Waals surface area contributed by atoms with Gasteiger partial charge >= 0.3 is 0 Å². The van der Waals surface area contributed by atoms with Crippen molar-refractivity contribution in [1.29, 1.82) is 0 Å². The maximum absolute atomic E-state index is 11.8. The molecule has 4 heteroatoms. The highest BCUT2D eigenvalue weighted by Gasteiger charge is 2.48. The van der Waals surface area contributed by atoms with E-state index < -0.39 is 8.32 Å². The number of hydrogen-bond acceptors (Lipinski definition) is 2. The van der Waals surface area contributed by atoms with Crippen molar-refractivity contribution in [2.75, 3.05) is 0 Å². The molecule has 0 aromatic carbocycles. The molecule has 0 aliphatic carbocycles. The van der Waals surface area contributed by atoms with Crippen LogP contribution in [0.4, 0.5) is 0 Å². The lowest BCUT2D eigenvalue weighted by atomic mass is 9.79. The first kappa shape index (κ1) is 16.3. The zero-order chi connectivity index (χ0) is 15.0. The summed E-state index contributed by atoms with van der Waals surface area (Å²) in [6.45, 7) is 15.0. The fourth-order valence-corrected chi connectivity index (χ4v) is 3.61. The lowest BCUT2D eigenvalue weighted by Crippen LogP contribution is -2.65. The van der Waals surface area contributed by atoms with Gasteiger partial charge in [0, 0.05) is 5.92 Å².